The summed E-state index contributed by atoms with van der Waals surface area (Å²) in [6, 6.07) is 0. The summed E-state index contributed by atoms with van der Waals surface area (Å²) in [6.07, 6.45) is 7.84. The van der Waals surface area contributed by atoms with Crippen molar-refractivity contribution in [1.82, 2.24) is 0 Å². The zero-order valence-corrected chi connectivity index (χ0v) is 8.13. The predicted octanol–water partition coefficient (Wildman–Crippen LogP) is 2.27. The Bertz CT molecular complexity index is 228. The molecule has 0 saturated heterocycles. The molecule has 0 amide bonds. The second-order valence-corrected chi connectivity index (χ2v) is 4.10. The van der Waals surface area contributed by atoms with E-state index >= 15 is 0 Å². The molecule has 0 aromatic carbocycles. The Labute approximate surface area is 74.7 Å². The molecule has 1 atom stereocenters. The molecule has 0 heterocycles. The van der Waals surface area contributed by atoms with E-state index < -0.39 is 0 Å². The summed E-state index contributed by atoms with van der Waals surface area (Å²) in [7, 11) is 1.54. The molecule has 0 bridgehead atoms. The van der Waals surface area contributed by atoms with Crippen LogP contribution in [-0.2, 0) is 4.84 Å². The number of oxime groups is 1. The standard InChI is InChI=1S/C8H10BrNO/c1-8(9)6-4-3-5-7(8)10-11-2/h3-6H,1-2H3. The molecule has 0 spiro atoms. The fourth-order valence-electron chi connectivity index (χ4n) is 0.849. The van der Waals surface area contributed by atoms with Crippen LogP contribution in [0.5, 0.6) is 0 Å². The zero-order valence-electron chi connectivity index (χ0n) is 6.54. The molecule has 60 valence electrons. The monoisotopic (exact) mass is 215 g/mol. The van der Waals surface area contributed by atoms with E-state index in [1.165, 1.54) is 0 Å². The number of alkyl halides is 1. The number of halogens is 1. The van der Waals surface area contributed by atoms with Crippen LogP contribution in [0.2, 0.25) is 0 Å². The van der Waals surface area contributed by atoms with Crippen LogP contribution in [0.1, 0.15) is 6.92 Å². The van der Waals surface area contributed by atoms with Gasteiger partial charge in [0.1, 0.15) is 7.11 Å². The van der Waals surface area contributed by atoms with E-state index in [4.69, 9.17) is 0 Å². The lowest BCUT2D eigenvalue weighted by Crippen LogP contribution is -2.25. The maximum absolute atomic E-state index is 4.69. The topological polar surface area (TPSA) is 21.6 Å². The van der Waals surface area contributed by atoms with Crippen molar-refractivity contribution in [2.45, 2.75) is 11.2 Å². The molecule has 0 aromatic heterocycles. The fourth-order valence-corrected chi connectivity index (χ4v) is 1.21. The van der Waals surface area contributed by atoms with Crippen molar-refractivity contribution >= 4 is 21.6 Å². The van der Waals surface area contributed by atoms with Crippen molar-refractivity contribution in [3.05, 3.63) is 24.3 Å². The molecule has 0 radical (unpaired) electrons. The highest BCUT2D eigenvalue weighted by Crippen LogP contribution is 2.24. The van der Waals surface area contributed by atoms with Gasteiger partial charge in [-0.1, -0.05) is 39.3 Å². The summed E-state index contributed by atoms with van der Waals surface area (Å²) >= 11 is 3.51. The molecule has 0 saturated carbocycles. The normalized spacial score (nSPS) is 32.8. The maximum Gasteiger partial charge on any atom is 0.106 e. The van der Waals surface area contributed by atoms with Crippen molar-refractivity contribution in [1.29, 1.82) is 0 Å². The first-order valence-electron chi connectivity index (χ1n) is 3.33. The highest BCUT2D eigenvalue weighted by molar-refractivity contribution is 9.10. The number of hydrogen-bond donors (Lipinski definition) is 0. The first-order valence-corrected chi connectivity index (χ1v) is 4.12. The van der Waals surface area contributed by atoms with Crippen LogP contribution < -0.4 is 0 Å². The Kier molecular flexibility index (Phi) is 2.49. The van der Waals surface area contributed by atoms with Gasteiger partial charge in [0.25, 0.3) is 0 Å². The van der Waals surface area contributed by atoms with E-state index in [0.717, 1.165) is 5.71 Å². The van der Waals surface area contributed by atoms with Crippen LogP contribution in [0, 0.1) is 0 Å². The van der Waals surface area contributed by atoms with Crippen molar-refractivity contribution < 1.29 is 4.84 Å². The summed E-state index contributed by atoms with van der Waals surface area (Å²) in [5.41, 5.74) is 0.877. The SMILES string of the molecule is CON=C1C=CC=CC1(C)Br. The lowest BCUT2D eigenvalue weighted by molar-refractivity contribution is 0.212. The molecule has 0 fully saturated rings. The van der Waals surface area contributed by atoms with E-state index in [-0.39, 0.29) is 4.32 Å². The minimum Gasteiger partial charge on any atom is -0.399 e. The molecule has 1 aliphatic carbocycles. The average Bonchev–Trinajstić information content (AvgIpc) is 1.94. The average molecular weight is 216 g/mol. The van der Waals surface area contributed by atoms with Gasteiger partial charge >= 0.3 is 0 Å². The summed E-state index contributed by atoms with van der Waals surface area (Å²) in [5, 5.41) is 3.87. The van der Waals surface area contributed by atoms with Crippen molar-refractivity contribution in [3.8, 4) is 0 Å². The van der Waals surface area contributed by atoms with Crippen molar-refractivity contribution in [3.63, 3.8) is 0 Å². The van der Waals surface area contributed by atoms with Gasteiger partial charge in [-0.15, -0.1) is 0 Å². The lowest BCUT2D eigenvalue weighted by Gasteiger charge is -2.19. The second-order valence-electron chi connectivity index (χ2n) is 2.45. The number of rotatable bonds is 1. The Morgan fingerprint density at radius 2 is 2.27 bits per heavy atom. The van der Waals surface area contributed by atoms with E-state index in [0.29, 0.717) is 0 Å². The fraction of sp³-hybridized carbons (Fsp3) is 0.375. The Morgan fingerprint density at radius 3 is 2.82 bits per heavy atom. The van der Waals surface area contributed by atoms with Gasteiger partial charge in [-0.05, 0) is 13.0 Å². The smallest absolute Gasteiger partial charge is 0.106 e. The molecule has 0 aromatic rings. The maximum atomic E-state index is 4.69. The summed E-state index contributed by atoms with van der Waals surface area (Å²) in [4.78, 5) is 4.69. The van der Waals surface area contributed by atoms with Gasteiger partial charge in [0, 0.05) is 0 Å². The van der Waals surface area contributed by atoms with E-state index in [1.807, 2.05) is 31.2 Å². The molecule has 1 rings (SSSR count). The number of hydrogen-bond acceptors (Lipinski definition) is 2. The highest BCUT2D eigenvalue weighted by atomic mass is 79.9. The van der Waals surface area contributed by atoms with Gasteiger partial charge in [-0.3, -0.25) is 0 Å². The van der Waals surface area contributed by atoms with E-state index in [2.05, 4.69) is 25.9 Å². The Balaban J connectivity index is 2.89. The molecule has 3 heteroatoms. The number of nitrogens with zero attached hydrogens (tertiary/aromatic N) is 1. The third-order valence-electron chi connectivity index (χ3n) is 1.46. The van der Waals surface area contributed by atoms with Gasteiger partial charge in [0.05, 0.1) is 10.0 Å². The molecule has 1 aliphatic rings. The minimum absolute atomic E-state index is 0.183. The van der Waals surface area contributed by atoms with Gasteiger partial charge in [0.2, 0.25) is 0 Å². The van der Waals surface area contributed by atoms with Crippen molar-refractivity contribution in [2.24, 2.45) is 5.16 Å². The van der Waals surface area contributed by atoms with E-state index in [9.17, 15) is 0 Å². The van der Waals surface area contributed by atoms with Crippen LogP contribution in [-0.4, -0.2) is 17.1 Å². The molecule has 11 heavy (non-hydrogen) atoms. The van der Waals surface area contributed by atoms with Crippen LogP contribution >= 0.6 is 15.9 Å². The predicted molar refractivity (Wildman–Crippen MR) is 50.1 cm³/mol. The summed E-state index contributed by atoms with van der Waals surface area (Å²) in [5.74, 6) is 0. The first kappa shape index (κ1) is 8.53. The third-order valence-corrected chi connectivity index (χ3v) is 2.14. The highest BCUT2D eigenvalue weighted by Gasteiger charge is 2.24. The van der Waals surface area contributed by atoms with E-state index in [1.54, 1.807) is 7.11 Å². The van der Waals surface area contributed by atoms with Crippen LogP contribution in [0.4, 0.5) is 0 Å². The summed E-state index contributed by atoms with van der Waals surface area (Å²) < 4.78 is -0.183. The molecular weight excluding hydrogens is 206 g/mol. The Hall–Kier alpha value is -0.570. The van der Waals surface area contributed by atoms with Crippen LogP contribution in [0.15, 0.2) is 29.5 Å². The molecular formula is C8H10BrNO. The van der Waals surface area contributed by atoms with Crippen LogP contribution in [0.3, 0.4) is 0 Å². The lowest BCUT2D eigenvalue weighted by atomic mass is 10.0. The first-order chi connectivity index (χ1) is 5.17. The second kappa shape index (κ2) is 3.22. The van der Waals surface area contributed by atoms with Gasteiger partial charge in [-0.2, -0.15) is 0 Å². The molecule has 0 aliphatic heterocycles. The van der Waals surface area contributed by atoms with Crippen molar-refractivity contribution in [2.75, 3.05) is 7.11 Å². The van der Waals surface area contributed by atoms with Gasteiger partial charge in [-0.25, -0.2) is 0 Å². The summed E-state index contributed by atoms with van der Waals surface area (Å²) in [6.45, 7) is 2.02. The zero-order chi connectivity index (χ0) is 8.32. The minimum atomic E-state index is -0.183. The Morgan fingerprint density at radius 1 is 1.55 bits per heavy atom. The molecule has 1 unspecified atom stereocenters. The van der Waals surface area contributed by atoms with Gasteiger partial charge in [0.15, 0.2) is 0 Å². The largest absolute Gasteiger partial charge is 0.399 e. The molecule has 0 N–H and O–H groups in total. The third kappa shape index (κ3) is 1.93. The quantitative estimate of drug-likeness (QED) is 0.486. The molecule has 2 nitrogen and oxygen atoms in total. The number of allylic oxidation sites excluding steroid dienone is 4. The van der Waals surface area contributed by atoms with Crippen LogP contribution in [0.25, 0.3) is 0 Å². The van der Waals surface area contributed by atoms with Gasteiger partial charge < -0.3 is 4.84 Å².